The first-order valence-electron chi connectivity index (χ1n) is 4.09. The Bertz CT molecular complexity index is 579. The highest BCUT2D eigenvalue weighted by atomic mass is 32.2. The van der Waals surface area contributed by atoms with Crippen molar-refractivity contribution >= 4 is 11.8 Å². The Kier molecular flexibility index (Phi) is 2.88. The van der Waals surface area contributed by atoms with E-state index in [0.717, 1.165) is 6.20 Å². The molecule has 0 bridgehead atoms. The molecule has 0 aliphatic heterocycles. The Morgan fingerprint density at radius 2 is 2.18 bits per heavy atom. The molecule has 0 fully saturated rings. The molecule has 0 saturated carbocycles. The van der Waals surface area contributed by atoms with Crippen LogP contribution in [0.2, 0.25) is 0 Å². The number of halogens is 3. The first-order chi connectivity index (χ1) is 7.94. The fraction of sp³-hybridized carbons (Fsp3) is 0.143. The lowest BCUT2D eigenvalue weighted by Gasteiger charge is -2.03. The standard InChI is InChI=1S/C7H3F3N4O2S/c8-7(9,10)17-5-11-2-1-3(12-5)4-13-6(15)16-14-4/h1-2H,(H,13,14,15). The quantitative estimate of drug-likeness (QED) is 0.652. The van der Waals surface area contributed by atoms with Gasteiger partial charge in [-0.2, -0.15) is 13.2 Å². The molecule has 90 valence electrons. The van der Waals surface area contributed by atoms with Crippen molar-refractivity contribution in [3.63, 3.8) is 0 Å². The molecule has 0 unspecified atom stereocenters. The zero-order valence-corrected chi connectivity index (χ0v) is 8.67. The van der Waals surface area contributed by atoms with Crippen molar-refractivity contribution in [3.05, 3.63) is 22.8 Å². The van der Waals surface area contributed by atoms with Crippen molar-refractivity contribution in [2.75, 3.05) is 0 Å². The summed E-state index contributed by atoms with van der Waals surface area (Å²) in [6, 6.07) is 1.30. The number of thioether (sulfide) groups is 1. The number of H-pyrrole nitrogens is 1. The van der Waals surface area contributed by atoms with Gasteiger partial charge in [0.2, 0.25) is 5.82 Å². The van der Waals surface area contributed by atoms with Crippen LogP contribution >= 0.6 is 11.8 Å². The minimum atomic E-state index is -4.48. The second-order valence-corrected chi connectivity index (χ2v) is 3.75. The summed E-state index contributed by atoms with van der Waals surface area (Å²) in [7, 11) is 0. The summed E-state index contributed by atoms with van der Waals surface area (Å²) in [5.74, 6) is -0.870. The van der Waals surface area contributed by atoms with Crippen LogP contribution in [0, 0.1) is 0 Å². The fourth-order valence-electron chi connectivity index (χ4n) is 0.966. The van der Waals surface area contributed by atoms with Gasteiger partial charge in [0.1, 0.15) is 5.69 Å². The van der Waals surface area contributed by atoms with Gasteiger partial charge in [-0.3, -0.25) is 9.51 Å². The van der Waals surface area contributed by atoms with Crippen LogP contribution in [0.4, 0.5) is 13.2 Å². The Morgan fingerprint density at radius 1 is 1.41 bits per heavy atom. The molecule has 2 rings (SSSR count). The molecule has 1 N–H and O–H groups in total. The number of alkyl halides is 3. The largest absolute Gasteiger partial charge is 0.449 e. The third-order valence-corrected chi connectivity index (χ3v) is 2.13. The van der Waals surface area contributed by atoms with Gasteiger partial charge in [-0.25, -0.2) is 14.8 Å². The molecule has 0 amide bonds. The molecular formula is C7H3F3N4O2S. The third kappa shape index (κ3) is 3.06. The average Bonchev–Trinajstić information content (AvgIpc) is 2.63. The van der Waals surface area contributed by atoms with Gasteiger partial charge in [-0.05, 0) is 6.07 Å². The third-order valence-electron chi connectivity index (χ3n) is 1.52. The maximum atomic E-state index is 12.1. The zero-order valence-electron chi connectivity index (χ0n) is 7.85. The Balaban J connectivity index is 2.32. The summed E-state index contributed by atoms with van der Waals surface area (Å²) in [5, 5.41) is 2.81. The van der Waals surface area contributed by atoms with Gasteiger partial charge >= 0.3 is 11.3 Å². The van der Waals surface area contributed by atoms with Crippen LogP contribution in [0.1, 0.15) is 0 Å². The van der Waals surface area contributed by atoms with E-state index in [4.69, 9.17) is 0 Å². The van der Waals surface area contributed by atoms with E-state index in [-0.39, 0.29) is 11.5 Å². The lowest BCUT2D eigenvalue weighted by molar-refractivity contribution is -0.0330. The molecule has 0 radical (unpaired) electrons. The van der Waals surface area contributed by atoms with Crippen molar-refractivity contribution in [3.8, 4) is 11.5 Å². The van der Waals surface area contributed by atoms with E-state index in [0.29, 0.717) is 0 Å². The van der Waals surface area contributed by atoms with Crippen LogP contribution in [-0.2, 0) is 0 Å². The molecule has 6 nitrogen and oxygen atoms in total. The van der Waals surface area contributed by atoms with Crippen LogP contribution < -0.4 is 5.76 Å². The number of nitrogens with zero attached hydrogens (tertiary/aromatic N) is 3. The minimum absolute atomic E-state index is 0.0394. The molecule has 10 heteroatoms. The predicted octanol–water partition coefficient (Wildman–Crippen LogP) is 1.43. The fourth-order valence-corrected chi connectivity index (χ4v) is 1.43. The van der Waals surface area contributed by atoms with E-state index in [9.17, 15) is 18.0 Å². The van der Waals surface area contributed by atoms with Crippen molar-refractivity contribution in [2.45, 2.75) is 10.7 Å². The van der Waals surface area contributed by atoms with E-state index in [1.807, 2.05) is 0 Å². The van der Waals surface area contributed by atoms with E-state index in [2.05, 4.69) is 24.6 Å². The van der Waals surface area contributed by atoms with Gasteiger partial charge in [-0.15, -0.1) is 0 Å². The molecule has 2 heterocycles. The van der Waals surface area contributed by atoms with E-state index in [1.165, 1.54) is 6.07 Å². The SMILES string of the molecule is O=c1[nH]c(-c2ccnc(SC(F)(F)F)n2)no1. The molecule has 0 aliphatic rings. The van der Waals surface area contributed by atoms with Gasteiger partial charge in [0.15, 0.2) is 5.16 Å². The molecule has 2 aromatic heterocycles. The maximum absolute atomic E-state index is 12.1. The number of hydrogen-bond acceptors (Lipinski definition) is 6. The molecule has 0 aromatic carbocycles. The molecule has 17 heavy (non-hydrogen) atoms. The summed E-state index contributed by atoms with van der Waals surface area (Å²) in [6.45, 7) is 0. The highest BCUT2D eigenvalue weighted by Crippen LogP contribution is 2.34. The summed E-state index contributed by atoms with van der Waals surface area (Å²) in [5.41, 5.74) is -4.44. The lowest BCUT2D eigenvalue weighted by Crippen LogP contribution is -2.02. The molecule has 0 saturated heterocycles. The number of aromatic amines is 1. The highest BCUT2D eigenvalue weighted by Gasteiger charge is 2.31. The van der Waals surface area contributed by atoms with Crippen molar-refractivity contribution < 1.29 is 17.7 Å². The summed E-state index contributed by atoms with van der Waals surface area (Å²) >= 11 is -0.456. The van der Waals surface area contributed by atoms with E-state index >= 15 is 0 Å². The van der Waals surface area contributed by atoms with Gasteiger partial charge in [0, 0.05) is 18.0 Å². The smallest absolute Gasteiger partial charge is 0.296 e. The van der Waals surface area contributed by atoms with Crippen LogP contribution in [-0.4, -0.2) is 25.6 Å². The monoisotopic (exact) mass is 264 g/mol. The van der Waals surface area contributed by atoms with E-state index in [1.54, 1.807) is 0 Å². The summed E-state index contributed by atoms with van der Waals surface area (Å²) < 4.78 is 40.4. The highest BCUT2D eigenvalue weighted by molar-refractivity contribution is 8.00. The lowest BCUT2D eigenvalue weighted by atomic mass is 10.4. The molecule has 0 aliphatic carbocycles. The van der Waals surface area contributed by atoms with Crippen LogP contribution in [0.15, 0.2) is 26.7 Å². The average molecular weight is 264 g/mol. The van der Waals surface area contributed by atoms with Gasteiger partial charge in [0.05, 0.1) is 0 Å². The minimum Gasteiger partial charge on any atom is -0.296 e. The second-order valence-electron chi connectivity index (χ2n) is 2.72. The van der Waals surface area contributed by atoms with E-state index < -0.39 is 28.2 Å². The number of aromatic nitrogens is 4. The van der Waals surface area contributed by atoms with Crippen LogP contribution in [0.3, 0.4) is 0 Å². The van der Waals surface area contributed by atoms with Crippen molar-refractivity contribution in [1.82, 2.24) is 20.1 Å². The van der Waals surface area contributed by atoms with Gasteiger partial charge < -0.3 is 0 Å². The normalized spacial score (nSPS) is 11.7. The van der Waals surface area contributed by atoms with Gasteiger partial charge in [-0.1, -0.05) is 5.16 Å². The second kappa shape index (κ2) is 4.20. The molecular weight excluding hydrogens is 261 g/mol. The number of nitrogens with one attached hydrogen (secondary N) is 1. The Hall–Kier alpha value is -1.84. The number of hydrogen-bond donors (Lipinski definition) is 1. The topological polar surface area (TPSA) is 84.7 Å². The first kappa shape index (κ1) is 11.6. The first-order valence-corrected chi connectivity index (χ1v) is 4.91. The van der Waals surface area contributed by atoms with Gasteiger partial charge in [0.25, 0.3) is 0 Å². The molecule has 2 aromatic rings. The molecule has 0 atom stereocenters. The predicted molar refractivity (Wildman–Crippen MR) is 50.1 cm³/mol. The Morgan fingerprint density at radius 3 is 2.76 bits per heavy atom. The van der Waals surface area contributed by atoms with Crippen LogP contribution in [0.5, 0.6) is 0 Å². The van der Waals surface area contributed by atoms with Crippen molar-refractivity contribution in [2.24, 2.45) is 0 Å². The summed E-state index contributed by atoms with van der Waals surface area (Å²) in [6.07, 6.45) is 1.13. The zero-order chi connectivity index (χ0) is 12.5. The molecule has 0 spiro atoms. The van der Waals surface area contributed by atoms with Crippen LogP contribution in [0.25, 0.3) is 11.5 Å². The number of rotatable bonds is 2. The Labute approximate surface area is 95.3 Å². The summed E-state index contributed by atoms with van der Waals surface area (Å²) in [4.78, 5) is 19.9. The van der Waals surface area contributed by atoms with Crippen molar-refractivity contribution in [1.29, 1.82) is 0 Å². The maximum Gasteiger partial charge on any atom is 0.449 e.